The lowest BCUT2D eigenvalue weighted by molar-refractivity contribution is -0.135. The van der Waals surface area contributed by atoms with Crippen molar-refractivity contribution in [3.05, 3.63) is 51.7 Å². The normalized spacial score (nSPS) is 15.3. The molecule has 1 aliphatic heterocycles. The zero-order valence-electron chi connectivity index (χ0n) is 20.0. The number of rotatable bonds is 10. The molecule has 1 aromatic heterocycles. The van der Waals surface area contributed by atoms with Gasteiger partial charge in [-0.1, -0.05) is 17.7 Å². The molecule has 33 heavy (non-hydrogen) atoms. The predicted octanol–water partition coefficient (Wildman–Crippen LogP) is 4.02. The number of fused-ring (bicyclic) bond motifs is 1. The van der Waals surface area contributed by atoms with Gasteiger partial charge in [-0.15, -0.1) is 11.3 Å². The Labute approximate surface area is 200 Å². The van der Waals surface area contributed by atoms with E-state index in [2.05, 4.69) is 16.8 Å². The summed E-state index contributed by atoms with van der Waals surface area (Å²) in [5.74, 6) is 0.716. The van der Waals surface area contributed by atoms with Gasteiger partial charge >= 0.3 is 6.03 Å². The fourth-order valence-electron chi connectivity index (χ4n) is 3.93. The van der Waals surface area contributed by atoms with Crippen molar-refractivity contribution in [1.82, 2.24) is 15.1 Å². The molecule has 0 fully saturated rings. The third-order valence-electron chi connectivity index (χ3n) is 5.65. The summed E-state index contributed by atoms with van der Waals surface area (Å²) in [7, 11) is 1.63. The molecule has 0 unspecified atom stereocenters. The second-order valence-corrected chi connectivity index (χ2v) is 9.65. The maximum absolute atomic E-state index is 13.5. The van der Waals surface area contributed by atoms with Crippen LogP contribution in [0.5, 0.6) is 5.75 Å². The van der Waals surface area contributed by atoms with Gasteiger partial charge in [-0.05, 0) is 62.8 Å². The molecule has 8 heteroatoms. The number of carbonyl (C=O) groups excluding carboxylic acids is 2. The Hall–Kier alpha value is -2.58. The summed E-state index contributed by atoms with van der Waals surface area (Å²) < 4.78 is 11.2. The minimum Gasteiger partial charge on any atom is -0.491 e. The smallest absolute Gasteiger partial charge is 0.318 e. The third-order valence-corrected chi connectivity index (χ3v) is 6.64. The first-order valence-corrected chi connectivity index (χ1v) is 12.4. The molecule has 3 amide bonds. The number of carbonyl (C=O) groups is 2. The van der Waals surface area contributed by atoms with Crippen LogP contribution in [0, 0.1) is 6.92 Å². The summed E-state index contributed by atoms with van der Waals surface area (Å²) >= 11 is 1.72. The van der Waals surface area contributed by atoms with Crippen LogP contribution in [0.2, 0.25) is 0 Å². The number of hydrogen-bond donors (Lipinski definition) is 1. The number of methoxy groups -OCH3 is 1. The molecule has 3 rings (SSSR count). The van der Waals surface area contributed by atoms with E-state index in [1.54, 1.807) is 23.3 Å². The highest BCUT2D eigenvalue weighted by Gasteiger charge is 2.33. The van der Waals surface area contributed by atoms with Gasteiger partial charge in [0.05, 0.1) is 6.04 Å². The van der Waals surface area contributed by atoms with Crippen molar-refractivity contribution in [2.75, 3.05) is 40.0 Å². The Bertz CT molecular complexity index is 913. The third kappa shape index (κ3) is 6.95. The van der Waals surface area contributed by atoms with E-state index in [-0.39, 0.29) is 30.6 Å². The van der Waals surface area contributed by atoms with E-state index in [4.69, 9.17) is 9.47 Å². The Morgan fingerprint density at radius 3 is 2.70 bits per heavy atom. The lowest BCUT2D eigenvalue weighted by Crippen LogP contribution is -2.51. The van der Waals surface area contributed by atoms with Crippen LogP contribution in [0.4, 0.5) is 4.79 Å². The zero-order chi connectivity index (χ0) is 23.8. The van der Waals surface area contributed by atoms with Crippen LogP contribution in [0.1, 0.15) is 42.3 Å². The van der Waals surface area contributed by atoms with Gasteiger partial charge in [0.2, 0.25) is 5.91 Å². The van der Waals surface area contributed by atoms with Crippen LogP contribution >= 0.6 is 11.3 Å². The minimum atomic E-state index is -0.227. The Balaban J connectivity index is 1.73. The second kappa shape index (κ2) is 12.0. The molecular weight excluding hydrogens is 438 g/mol. The van der Waals surface area contributed by atoms with Crippen LogP contribution < -0.4 is 10.1 Å². The van der Waals surface area contributed by atoms with Crippen LogP contribution in [-0.2, 0) is 16.0 Å². The molecule has 2 heterocycles. The van der Waals surface area contributed by atoms with E-state index in [0.717, 1.165) is 17.7 Å². The molecule has 1 aliphatic rings. The second-order valence-electron chi connectivity index (χ2n) is 8.65. The van der Waals surface area contributed by atoms with Gasteiger partial charge in [-0.2, -0.15) is 0 Å². The molecule has 0 saturated carbocycles. The number of nitrogens with zero attached hydrogens (tertiary/aromatic N) is 2. The maximum atomic E-state index is 13.5. The summed E-state index contributed by atoms with van der Waals surface area (Å²) in [5, 5.41) is 4.98. The van der Waals surface area contributed by atoms with Crippen molar-refractivity contribution in [2.24, 2.45) is 0 Å². The van der Waals surface area contributed by atoms with E-state index >= 15 is 0 Å². The molecule has 1 aromatic carbocycles. The number of hydrogen-bond acceptors (Lipinski definition) is 5. The summed E-state index contributed by atoms with van der Waals surface area (Å²) in [4.78, 5) is 30.9. The first kappa shape index (κ1) is 25.1. The highest BCUT2D eigenvalue weighted by Crippen LogP contribution is 2.34. The van der Waals surface area contributed by atoms with Crippen molar-refractivity contribution in [1.29, 1.82) is 0 Å². The van der Waals surface area contributed by atoms with E-state index in [1.807, 2.05) is 49.9 Å². The van der Waals surface area contributed by atoms with Gasteiger partial charge in [0.1, 0.15) is 18.9 Å². The standard InChI is InChI=1S/C25H35N3O4S/c1-18(2)26-25(30)27(12-5-14-31-4)16-24(29)28-13-10-23-21(11-15-33-23)22(28)17-32-20-8-6-19(3)7-9-20/h6-9,11,15,18,22H,5,10,12-14,16-17H2,1-4H3,(H,26,30)/t22-/m0/s1. The Morgan fingerprint density at radius 1 is 1.24 bits per heavy atom. The lowest BCUT2D eigenvalue weighted by atomic mass is 10.0. The lowest BCUT2D eigenvalue weighted by Gasteiger charge is -2.37. The molecule has 0 bridgehead atoms. The monoisotopic (exact) mass is 473 g/mol. The number of amides is 3. The molecule has 7 nitrogen and oxygen atoms in total. The number of nitrogens with one attached hydrogen (secondary N) is 1. The van der Waals surface area contributed by atoms with Gasteiger partial charge < -0.3 is 24.6 Å². The quantitative estimate of drug-likeness (QED) is 0.529. The van der Waals surface area contributed by atoms with Gasteiger partial charge in [-0.3, -0.25) is 4.79 Å². The molecule has 1 N–H and O–H groups in total. The number of benzene rings is 1. The highest BCUT2D eigenvalue weighted by molar-refractivity contribution is 7.10. The summed E-state index contributed by atoms with van der Waals surface area (Å²) in [6, 6.07) is 9.61. The molecule has 0 radical (unpaired) electrons. The van der Waals surface area contributed by atoms with Crippen molar-refractivity contribution < 1.29 is 19.1 Å². The highest BCUT2D eigenvalue weighted by atomic mass is 32.1. The minimum absolute atomic E-state index is 0.00321. The molecule has 180 valence electrons. The van der Waals surface area contributed by atoms with Crippen LogP contribution in [0.25, 0.3) is 0 Å². The maximum Gasteiger partial charge on any atom is 0.318 e. The van der Waals surface area contributed by atoms with Crippen LogP contribution in [0.15, 0.2) is 35.7 Å². The Kier molecular flexibility index (Phi) is 9.14. The van der Waals surface area contributed by atoms with Crippen molar-refractivity contribution >= 4 is 23.3 Å². The molecule has 2 aromatic rings. The van der Waals surface area contributed by atoms with Crippen molar-refractivity contribution in [2.45, 2.75) is 45.7 Å². The van der Waals surface area contributed by atoms with Crippen LogP contribution in [0.3, 0.4) is 0 Å². The SMILES string of the molecule is COCCCN(CC(=O)N1CCc2sccc2[C@@H]1COc1ccc(C)cc1)C(=O)NC(C)C. The van der Waals surface area contributed by atoms with Gasteiger partial charge in [0.15, 0.2) is 0 Å². The van der Waals surface area contributed by atoms with Crippen molar-refractivity contribution in [3.8, 4) is 5.75 Å². The molecule has 0 spiro atoms. The average Bonchev–Trinajstić information content (AvgIpc) is 3.26. The van der Waals surface area contributed by atoms with E-state index in [0.29, 0.717) is 32.7 Å². The first-order valence-electron chi connectivity index (χ1n) is 11.5. The number of urea groups is 1. The molecule has 1 atom stereocenters. The number of aryl methyl sites for hydroxylation is 1. The fourth-order valence-corrected chi connectivity index (χ4v) is 4.86. The topological polar surface area (TPSA) is 71.1 Å². The molecule has 0 aliphatic carbocycles. The van der Waals surface area contributed by atoms with Gasteiger partial charge in [0, 0.05) is 37.7 Å². The van der Waals surface area contributed by atoms with E-state index in [9.17, 15) is 9.59 Å². The zero-order valence-corrected chi connectivity index (χ0v) is 20.8. The van der Waals surface area contributed by atoms with Gasteiger partial charge in [0.25, 0.3) is 0 Å². The van der Waals surface area contributed by atoms with E-state index in [1.165, 1.54) is 10.4 Å². The van der Waals surface area contributed by atoms with E-state index < -0.39 is 0 Å². The fraction of sp³-hybridized carbons (Fsp3) is 0.520. The van der Waals surface area contributed by atoms with Crippen molar-refractivity contribution in [3.63, 3.8) is 0 Å². The molecular formula is C25H35N3O4S. The average molecular weight is 474 g/mol. The predicted molar refractivity (Wildman–Crippen MR) is 131 cm³/mol. The summed E-state index contributed by atoms with van der Waals surface area (Å²) in [5.41, 5.74) is 2.31. The summed E-state index contributed by atoms with van der Waals surface area (Å²) in [6.45, 7) is 7.88. The van der Waals surface area contributed by atoms with Gasteiger partial charge in [-0.25, -0.2) is 4.79 Å². The first-order chi connectivity index (χ1) is 15.9. The van der Waals surface area contributed by atoms with Crippen LogP contribution in [-0.4, -0.2) is 67.7 Å². The summed E-state index contributed by atoms with van der Waals surface area (Å²) in [6.07, 6.45) is 1.49. The number of ether oxygens (including phenoxy) is 2. The molecule has 0 saturated heterocycles. The Morgan fingerprint density at radius 2 is 2.00 bits per heavy atom. The largest absolute Gasteiger partial charge is 0.491 e. The number of thiophene rings is 1.